The Bertz CT molecular complexity index is 626. The zero-order valence-electron chi connectivity index (χ0n) is 12.9. The summed E-state index contributed by atoms with van der Waals surface area (Å²) in [6.07, 6.45) is 0.822. The van der Waals surface area contributed by atoms with E-state index < -0.39 is 0 Å². The van der Waals surface area contributed by atoms with E-state index in [1.807, 2.05) is 30.8 Å². The molecule has 0 bridgehead atoms. The molecular weight excluding hydrogens is 289 g/mol. The van der Waals surface area contributed by atoms with Gasteiger partial charge in [-0.1, -0.05) is 30.7 Å². The van der Waals surface area contributed by atoms with Crippen LogP contribution in [0.1, 0.15) is 35.0 Å². The van der Waals surface area contributed by atoms with Crippen LogP contribution in [0.5, 0.6) is 0 Å². The summed E-state index contributed by atoms with van der Waals surface area (Å²) in [7, 11) is 1.90. The number of hydrogen-bond donors (Lipinski definition) is 1. The van der Waals surface area contributed by atoms with Gasteiger partial charge in [0.25, 0.3) is 0 Å². The molecule has 0 aliphatic heterocycles. The first-order valence-corrected chi connectivity index (χ1v) is 7.48. The predicted octanol–water partition coefficient (Wildman–Crippen LogP) is 3.68. The van der Waals surface area contributed by atoms with Gasteiger partial charge in [0.1, 0.15) is 5.82 Å². The Hall–Kier alpha value is -1.39. The van der Waals surface area contributed by atoms with E-state index in [2.05, 4.69) is 10.4 Å². The monoisotopic (exact) mass is 309 g/mol. The van der Waals surface area contributed by atoms with Crippen molar-refractivity contribution in [3.63, 3.8) is 0 Å². The molecule has 0 radical (unpaired) electrons. The molecule has 0 saturated heterocycles. The van der Waals surface area contributed by atoms with E-state index in [0.717, 1.165) is 28.4 Å². The second kappa shape index (κ2) is 6.58. The number of aryl methyl sites for hydroxylation is 4. The highest BCUT2D eigenvalue weighted by atomic mass is 35.5. The van der Waals surface area contributed by atoms with Crippen molar-refractivity contribution in [1.82, 2.24) is 15.1 Å². The van der Waals surface area contributed by atoms with Crippen molar-refractivity contribution >= 4 is 11.6 Å². The smallest absolute Gasteiger partial charge is 0.129 e. The van der Waals surface area contributed by atoms with Crippen LogP contribution in [-0.4, -0.2) is 9.78 Å². The fraction of sp³-hybridized carbons (Fsp3) is 0.438. The van der Waals surface area contributed by atoms with Crippen molar-refractivity contribution in [3.05, 3.63) is 51.1 Å². The van der Waals surface area contributed by atoms with Crippen LogP contribution in [0.4, 0.5) is 4.39 Å². The van der Waals surface area contributed by atoms with Crippen LogP contribution in [0.2, 0.25) is 5.02 Å². The van der Waals surface area contributed by atoms with Crippen molar-refractivity contribution in [2.75, 3.05) is 0 Å². The molecule has 0 spiro atoms. The fourth-order valence-electron chi connectivity index (χ4n) is 2.47. The standard InChI is InChI=1S/C16H21ClFN3/c1-5-13-15(17)14(21(4)20-13)9-19-8-12-6-10(2)16(18)11(3)7-12/h6-7,19H,5,8-9H2,1-4H3. The summed E-state index contributed by atoms with van der Waals surface area (Å²) in [5.74, 6) is -0.124. The molecule has 0 amide bonds. The van der Waals surface area contributed by atoms with Crippen LogP contribution in [0.15, 0.2) is 12.1 Å². The van der Waals surface area contributed by atoms with E-state index in [4.69, 9.17) is 11.6 Å². The molecule has 1 N–H and O–H groups in total. The van der Waals surface area contributed by atoms with Crippen molar-refractivity contribution in [2.24, 2.45) is 7.05 Å². The van der Waals surface area contributed by atoms with Crippen LogP contribution < -0.4 is 5.32 Å². The maximum Gasteiger partial charge on any atom is 0.129 e. The maximum absolute atomic E-state index is 13.6. The van der Waals surface area contributed by atoms with Crippen LogP contribution in [0, 0.1) is 19.7 Å². The van der Waals surface area contributed by atoms with E-state index in [-0.39, 0.29) is 5.82 Å². The molecule has 0 aliphatic carbocycles. The molecule has 0 atom stereocenters. The van der Waals surface area contributed by atoms with Gasteiger partial charge >= 0.3 is 0 Å². The minimum absolute atomic E-state index is 0.124. The first kappa shape index (κ1) is 16.0. The highest BCUT2D eigenvalue weighted by molar-refractivity contribution is 6.31. The Kier molecular flexibility index (Phi) is 5.01. The van der Waals surface area contributed by atoms with Crippen LogP contribution >= 0.6 is 11.6 Å². The molecular formula is C16H21ClFN3. The normalized spacial score (nSPS) is 11.1. The summed E-state index contributed by atoms with van der Waals surface area (Å²) >= 11 is 6.31. The molecule has 0 saturated carbocycles. The van der Waals surface area contributed by atoms with Gasteiger partial charge in [-0.2, -0.15) is 5.10 Å². The minimum Gasteiger partial charge on any atom is -0.307 e. The van der Waals surface area contributed by atoms with Gasteiger partial charge in [-0.25, -0.2) is 4.39 Å². The Labute approximate surface area is 130 Å². The number of hydrogen-bond acceptors (Lipinski definition) is 2. The SMILES string of the molecule is CCc1nn(C)c(CNCc2cc(C)c(F)c(C)c2)c1Cl. The summed E-state index contributed by atoms with van der Waals surface area (Å²) in [5.41, 5.74) is 4.33. The zero-order valence-corrected chi connectivity index (χ0v) is 13.7. The van der Waals surface area contributed by atoms with E-state index in [9.17, 15) is 4.39 Å². The van der Waals surface area contributed by atoms with Gasteiger partial charge in [0, 0.05) is 20.1 Å². The Morgan fingerprint density at radius 1 is 1.24 bits per heavy atom. The van der Waals surface area contributed by atoms with Gasteiger partial charge < -0.3 is 5.32 Å². The quantitative estimate of drug-likeness (QED) is 0.913. The highest BCUT2D eigenvalue weighted by Gasteiger charge is 2.12. The molecule has 0 aliphatic rings. The lowest BCUT2D eigenvalue weighted by Crippen LogP contribution is -2.16. The van der Waals surface area contributed by atoms with Crippen LogP contribution in [0.25, 0.3) is 0 Å². The van der Waals surface area contributed by atoms with E-state index in [1.165, 1.54) is 0 Å². The Balaban J connectivity index is 2.04. The highest BCUT2D eigenvalue weighted by Crippen LogP contribution is 2.21. The van der Waals surface area contributed by atoms with Crippen LogP contribution in [0.3, 0.4) is 0 Å². The van der Waals surface area contributed by atoms with E-state index in [1.54, 1.807) is 13.8 Å². The lowest BCUT2D eigenvalue weighted by atomic mass is 10.1. The van der Waals surface area contributed by atoms with Gasteiger partial charge in [0.15, 0.2) is 0 Å². The lowest BCUT2D eigenvalue weighted by molar-refractivity contribution is 0.602. The average Bonchev–Trinajstić information content (AvgIpc) is 2.71. The van der Waals surface area contributed by atoms with Gasteiger partial charge in [-0.15, -0.1) is 0 Å². The Morgan fingerprint density at radius 2 is 1.86 bits per heavy atom. The lowest BCUT2D eigenvalue weighted by Gasteiger charge is -2.09. The van der Waals surface area contributed by atoms with Crippen molar-refractivity contribution in [3.8, 4) is 0 Å². The molecule has 2 rings (SSSR count). The second-order valence-electron chi connectivity index (χ2n) is 5.33. The summed E-state index contributed by atoms with van der Waals surface area (Å²) in [5, 5.41) is 8.47. The molecule has 1 aromatic heterocycles. The number of aromatic nitrogens is 2. The molecule has 2 aromatic rings. The number of halogens is 2. The molecule has 0 unspecified atom stereocenters. The largest absolute Gasteiger partial charge is 0.307 e. The topological polar surface area (TPSA) is 29.9 Å². The summed E-state index contributed by atoms with van der Waals surface area (Å²) in [4.78, 5) is 0. The first-order valence-electron chi connectivity index (χ1n) is 7.10. The third kappa shape index (κ3) is 3.44. The number of nitrogens with one attached hydrogen (secondary N) is 1. The van der Waals surface area contributed by atoms with E-state index >= 15 is 0 Å². The summed E-state index contributed by atoms with van der Waals surface area (Å²) in [6, 6.07) is 3.75. The molecule has 114 valence electrons. The summed E-state index contributed by atoms with van der Waals surface area (Å²) < 4.78 is 15.4. The molecule has 5 heteroatoms. The molecule has 21 heavy (non-hydrogen) atoms. The van der Waals surface area contributed by atoms with Gasteiger partial charge in [0.2, 0.25) is 0 Å². The van der Waals surface area contributed by atoms with Crippen LogP contribution in [-0.2, 0) is 26.6 Å². The fourth-order valence-corrected chi connectivity index (χ4v) is 2.84. The van der Waals surface area contributed by atoms with Gasteiger partial charge in [-0.05, 0) is 37.0 Å². The van der Waals surface area contributed by atoms with Gasteiger partial charge in [0.05, 0.1) is 16.4 Å². The van der Waals surface area contributed by atoms with Crippen molar-refractivity contribution in [1.29, 1.82) is 0 Å². The number of rotatable bonds is 5. The molecule has 3 nitrogen and oxygen atoms in total. The van der Waals surface area contributed by atoms with Crippen molar-refractivity contribution < 1.29 is 4.39 Å². The first-order chi connectivity index (χ1) is 9.93. The zero-order chi connectivity index (χ0) is 15.6. The molecule has 0 fully saturated rings. The molecule has 1 aromatic carbocycles. The second-order valence-corrected chi connectivity index (χ2v) is 5.71. The predicted molar refractivity (Wildman–Crippen MR) is 84.0 cm³/mol. The average molecular weight is 310 g/mol. The third-order valence-corrected chi connectivity index (χ3v) is 4.06. The summed E-state index contributed by atoms with van der Waals surface area (Å²) in [6.45, 7) is 6.92. The third-order valence-electron chi connectivity index (χ3n) is 3.62. The Morgan fingerprint density at radius 3 is 2.38 bits per heavy atom. The van der Waals surface area contributed by atoms with E-state index in [0.29, 0.717) is 24.2 Å². The van der Waals surface area contributed by atoms with Gasteiger partial charge in [-0.3, -0.25) is 4.68 Å². The number of nitrogens with zero attached hydrogens (tertiary/aromatic N) is 2. The minimum atomic E-state index is -0.124. The van der Waals surface area contributed by atoms with Crippen molar-refractivity contribution in [2.45, 2.75) is 40.3 Å². The number of benzene rings is 1. The maximum atomic E-state index is 13.6. The molecule has 1 heterocycles.